The van der Waals surface area contributed by atoms with Crippen LogP contribution in [0, 0.1) is 12.7 Å². The van der Waals surface area contributed by atoms with Crippen LogP contribution in [-0.4, -0.2) is 11.1 Å². The molecule has 1 aromatic carbocycles. The average Bonchev–Trinajstić information content (AvgIpc) is 2.78. The van der Waals surface area contributed by atoms with Crippen molar-refractivity contribution in [1.29, 1.82) is 0 Å². The van der Waals surface area contributed by atoms with E-state index in [1.807, 2.05) is 13.8 Å². The van der Waals surface area contributed by atoms with Gasteiger partial charge in [0.15, 0.2) is 0 Å². The standard InChI is InChI=1S/C15H16FNO2S/c1-9(12-5-3-4-6-13(12)16)17-8-11-7-14(15(18)19)20-10(11)2/h3-7,9,17H,8H2,1-2H3,(H,18,19). The molecule has 2 N–H and O–H groups in total. The molecule has 106 valence electrons. The maximum Gasteiger partial charge on any atom is 0.345 e. The van der Waals surface area contributed by atoms with Crippen molar-refractivity contribution in [2.45, 2.75) is 26.4 Å². The van der Waals surface area contributed by atoms with Gasteiger partial charge in [-0.05, 0) is 31.5 Å². The first-order valence-electron chi connectivity index (χ1n) is 6.29. The van der Waals surface area contributed by atoms with E-state index < -0.39 is 5.97 Å². The minimum Gasteiger partial charge on any atom is -0.477 e. The molecule has 0 amide bonds. The molecule has 0 aliphatic heterocycles. The molecule has 0 radical (unpaired) electrons. The van der Waals surface area contributed by atoms with E-state index in [0.29, 0.717) is 17.0 Å². The van der Waals surface area contributed by atoms with Gasteiger partial charge >= 0.3 is 5.97 Å². The monoisotopic (exact) mass is 293 g/mol. The van der Waals surface area contributed by atoms with Crippen LogP contribution in [0.4, 0.5) is 4.39 Å². The predicted molar refractivity (Wildman–Crippen MR) is 77.7 cm³/mol. The van der Waals surface area contributed by atoms with Crippen molar-refractivity contribution < 1.29 is 14.3 Å². The Morgan fingerprint density at radius 1 is 1.45 bits per heavy atom. The van der Waals surface area contributed by atoms with Gasteiger partial charge in [0.05, 0.1) is 0 Å². The van der Waals surface area contributed by atoms with E-state index in [0.717, 1.165) is 10.4 Å². The fraction of sp³-hybridized carbons (Fsp3) is 0.267. The molecule has 2 rings (SSSR count). The zero-order valence-corrected chi connectivity index (χ0v) is 12.1. The SMILES string of the molecule is Cc1sc(C(=O)O)cc1CNC(C)c1ccccc1F. The summed E-state index contributed by atoms with van der Waals surface area (Å²) in [4.78, 5) is 12.2. The van der Waals surface area contributed by atoms with Gasteiger partial charge in [0.25, 0.3) is 0 Å². The minimum atomic E-state index is -0.911. The van der Waals surface area contributed by atoms with Crippen molar-refractivity contribution in [3.05, 3.63) is 57.0 Å². The lowest BCUT2D eigenvalue weighted by Gasteiger charge is -2.14. The summed E-state index contributed by atoms with van der Waals surface area (Å²) >= 11 is 1.26. The zero-order valence-electron chi connectivity index (χ0n) is 11.3. The molecule has 0 aliphatic rings. The molecule has 0 aliphatic carbocycles. The minimum absolute atomic E-state index is 0.135. The summed E-state index contributed by atoms with van der Waals surface area (Å²) in [5.41, 5.74) is 1.55. The van der Waals surface area contributed by atoms with Crippen LogP contribution in [-0.2, 0) is 6.54 Å². The Kier molecular flexibility index (Phi) is 4.52. The number of rotatable bonds is 5. The Balaban J connectivity index is 2.05. The lowest BCUT2D eigenvalue weighted by molar-refractivity contribution is 0.0702. The molecule has 3 nitrogen and oxygen atoms in total. The van der Waals surface area contributed by atoms with Gasteiger partial charge in [0.1, 0.15) is 10.7 Å². The first-order chi connectivity index (χ1) is 9.49. The number of carboxylic acids is 1. The number of aryl methyl sites for hydroxylation is 1. The highest BCUT2D eigenvalue weighted by Crippen LogP contribution is 2.23. The summed E-state index contributed by atoms with van der Waals surface area (Å²) in [6.07, 6.45) is 0. The molecule has 1 aromatic heterocycles. The topological polar surface area (TPSA) is 49.3 Å². The summed E-state index contributed by atoms with van der Waals surface area (Å²) in [6.45, 7) is 4.30. The lowest BCUT2D eigenvalue weighted by Crippen LogP contribution is -2.19. The fourth-order valence-corrected chi connectivity index (χ4v) is 2.88. The highest BCUT2D eigenvalue weighted by atomic mass is 32.1. The summed E-state index contributed by atoms with van der Waals surface area (Å²) < 4.78 is 13.6. The molecule has 20 heavy (non-hydrogen) atoms. The molecule has 0 bridgehead atoms. The molecule has 2 aromatic rings. The van der Waals surface area contributed by atoms with Gasteiger partial charge in [0, 0.05) is 23.0 Å². The van der Waals surface area contributed by atoms with Gasteiger partial charge in [-0.2, -0.15) is 0 Å². The average molecular weight is 293 g/mol. The summed E-state index contributed by atoms with van der Waals surface area (Å²) in [6, 6.07) is 8.18. The largest absolute Gasteiger partial charge is 0.477 e. The number of benzene rings is 1. The summed E-state index contributed by atoms with van der Waals surface area (Å²) in [5.74, 6) is -1.15. The second kappa shape index (κ2) is 6.15. The predicted octanol–water partition coefficient (Wildman–Crippen LogP) is 3.74. The third-order valence-electron chi connectivity index (χ3n) is 3.20. The van der Waals surface area contributed by atoms with Crippen LogP contribution in [0.15, 0.2) is 30.3 Å². The molecule has 1 unspecified atom stereocenters. The number of halogens is 1. The van der Waals surface area contributed by atoms with Crippen LogP contribution >= 0.6 is 11.3 Å². The molecule has 0 saturated carbocycles. The van der Waals surface area contributed by atoms with Crippen LogP contribution in [0.25, 0.3) is 0 Å². The quantitative estimate of drug-likeness (QED) is 0.882. The smallest absolute Gasteiger partial charge is 0.345 e. The van der Waals surface area contributed by atoms with Gasteiger partial charge in [0.2, 0.25) is 0 Å². The molecule has 1 heterocycles. The van der Waals surface area contributed by atoms with Gasteiger partial charge in [-0.3, -0.25) is 0 Å². The maximum atomic E-state index is 13.6. The van der Waals surface area contributed by atoms with Gasteiger partial charge in [-0.15, -0.1) is 11.3 Å². The van der Waals surface area contributed by atoms with Gasteiger partial charge in [-0.25, -0.2) is 9.18 Å². The number of thiophene rings is 1. The Labute approximate surface area is 121 Å². The van der Waals surface area contributed by atoms with E-state index in [4.69, 9.17) is 5.11 Å². The van der Waals surface area contributed by atoms with Crippen LogP contribution < -0.4 is 5.32 Å². The van der Waals surface area contributed by atoms with E-state index in [2.05, 4.69) is 5.32 Å². The molecule has 0 fully saturated rings. The number of aromatic carboxylic acids is 1. The Morgan fingerprint density at radius 2 is 2.15 bits per heavy atom. The number of carbonyl (C=O) groups is 1. The van der Waals surface area contributed by atoms with Crippen molar-refractivity contribution in [3.8, 4) is 0 Å². The van der Waals surface area contributed by atoms with E-state index >= 15 is 0 Å². The Hall–Kier alpha value is -1.72. The molecular formula is C15H16FNO2S. The third-order valence-corrected chi connectivity index (χ3v) is 4.28. The van der Waals surface area contributed by atoms with Crippen molar-refractivity contribution in [3.63, 3.8) is 0 Å². The van der Waals surface area contributed by atoms with E-state index in [1.165, 1.54) is 17.4 Å². The van der Waals surface area contributed by atoms with Crippen molar-refractivity contribution in [1.82, 2.24) is 5.32 Å². The zero-order chi connectivity index (χ0) is 14.7. The van der Waals surface area contributed by atoms with Crippen molar-refractivity contribution in [2.24, 2.45) is 0 Å². The first kappa shape index (κ1) is 14.7. The number of carboxylic acid groups (broad SMARTS) is 1. The lowest BCUT2D eigenvalue weighted by atomic mass is 10.1. The first-order valence-corrected chi connectivity index (χ1v) is 7.11. The highest BCUT2D eigenvalue weighted by Gasteiger charge is 2.13. The molecule has 0 saturated heterocycles. The van der Waals surface area contributed by atoms with Crippen molar-refractivity contribution in [2.75, 3.05) is 0 Å². The van der Waals surface area contributed by atoms with Gasteiger partial charge < -0.3 is 10.4 Å². The van der Waals surface area contributed by atoms with Crippen molar-refractivity contribution >= 4 is 17.3 Å². The molecular weight excluding hydrogens is 277 g/mol. The van der Waals surface area contributed by atoms with E-state index in [-0.39, 0.29) is 11.9 Å². The Morgan fingerprint density at radius 3 is 2.75 bits per heavy atom. The highest BCUT2D eigenvalue weighted by molar-refractivity contribution is 7.14. The molecule has 0 spiro atoms. The van der Waals surface area contributed by atoms with Gasteiger partial charge in [-0.1, -0.05) is 18.2 Å². The number of hydrogen-bond donors (Lipinski definition) is 2. The summed E-state index contributed by atoms with van der Waals surface area (Å²) in [7, 11) is 0. The Bertz CT molecular complexity index is 624. The number of nitrogens with one attached hydrogen (secondary N) is 1. The van der Waals surface area contributed by atoms with E-state index in [9.17, 15) is 9.18 Å². The fourth-order valence-electron chi connectivity index (χ4n) is 2.00. The van der Waals surface area contributed by atoms with Crippen LogP contribution in [0.5, 0.6) is 0 Å². The molecule has 5 heteroatoms. The maximum absolute atomic E-state index is 13.6. The second-order valence-corrected chi connectivity index (χ2v) is 5.88. The van der Waals surface area contributed by atoms with E-state index in [1.54, 1.807) is 24.3 Å². The molecule has 1 atom stereocenters. The van der Waals surface area contributed by atoms with Crippen LogP contribution in [0.3, 0.4) is 0 Å². The van der Waals surface area contributed by atoms with Crippen LogP contribution in [0.2, 0.25) is 0 Å². The summed E-state index contributed by atoms with van der Waals surface area (Å²) in [5, 5.41) is 12.2. The number of hydrogen-bond acceptors (Lipinski definition) is 3. The normalized spacial score (nSPS) is 12.3. The van der Waals surface area contributed by atoms with Crippen LogP contribution in [0.1, 0.15) is 38.6 Å². The second-order valence-electron chi connectivity index (χ2n) is 4.62. The third kappa shape index (κ3) is 3.23.